The molecule has 0 radical (unpaired) electrons. The van der Waals surface area contributed by atoms with E-state index in [1.165, 1.54) is 0 Å². The molecule has 1 aromatic rings. The van der Waals surface area contributed by atoms with E-state index in [0.717, 1.165) is 16.3 Å². The molecule has 0 saturated heterocycles. The van der Waals surface area contributed by atoms with E-state index in [1.54, 1.807) is 20.3 Å². The van der Waals surface area contributed by atoms with Gasteiger partial charge in [0.15, 0.2) is 6.29 Å². The van der Waals surface area contributed by atoms with Gasteiger partial charge in [0.1, 0.15) is 11.5 Å². The first kappa shape index (κ1) is 15.0. The third-order valence-corrected chi connectivity index (χ3v) is 3.57. The van der Waals surface area contributed by atoms with E-state index >= 15 is 0 Å². The molecular formula is C13H18BrNO3. The van der Waals surface area contributed by atoms with Crippen LogP contribution in [0.2, 0.25) is 0 Å². The summed E-state index contributed by atoms with van der Waals surface area (Å²) < 4.78 is 11.5. The maximum atomic E-state index is 11.1. The number of carbonyl (C=O) groups is 1. The Balaban J connectivity index is 3.60. The topological polar surface area (TPSA) is 38.8 Å². The molecule has 5 heteroatoms. The first-order valence-corrected chi connectivity index (χ1v) is 6.33. The highest BCUT2D eigenvalue weighted by atomic mass is 79.9. The number of aldehydes is 1. The average molecular weight is 316 g/mol. The zero-order valence-corrected chi connectivity index (χ0v) is 12.9. The van der Waals surface area contributed by atoms with E-state index < -0.39 is 0 Å². The molecule has 1 rings (SSSR count). The Morgan fingerprint density at radius 1 is 1.28 bits per heavy atom. The van der Waals surface area contributed by atoms with E-state index in [2.05, 4.69) is 15.9 Å². The fraction of sp³-hybridized carbons (Fsp3) is 0.462. The largest absolute Gasteiger partial charge is 0.496 e. The van der Waals surface area contributed by atoms with Crippen molar-refractivity contribution >= 4 is 22.2 Å². The molecule has 0 saturated carbocycles. The number of halogens is 1. The number of hydrogen-bond donors (Lipinski definition) is 0. The Hall–Kier alpha value is -1.07. The lowest BCUT2D eigenvalue weighted by Gasteiger charge is -2.25. The third kappa shape index (κ3) is 2.67. The molecule has 0 N–H and O–H groups in total. The number of methoxy groups -OCH3 is 2. The minimum Gasteiger partial charge on any atom is -0.496 e. The van der Waals surface area contributed by atoms with Gasteiger partial charge >= 0.3 is 0 Å². The summed E-state index contributed by atoms with van der Waals surface area (Å²) in [5.74, 6) is 1.25. The van der Waals surface area contributed by atoms with Crippen molar-refractivity contribution in [3.8, 4) is 11.5 Å². The highest BCUT2D eigenvalue weighted by molar-refractivity contribution is 9.10. The summed E-state index contributed by atoms with van der Waals surface area (Å²) in [6.45, 7) is 2.03. The van der Waals surface area contributed by atoms with E-state index in [0.29, 0.717) is 17.1 Å². The average Bonchev–Trinajstić information content (AvgIpc) is 2.36. The van der Waals surface area contributed by atoms with Crippen molar-refractivity contribution in [3.05, 3.63) is 21.7 Å². The Morgan fingerprint density at radius 2 is 1.83 bits per heavy atom. The minimum absolute atomic E-state index is 0.0612. The standard InChI is InChI=1S/C13H18BrNO3/c1-8(15(2)3)11-12(17-4)9(7-16)6-10(14)13(11)18-5/h6-8H,1-5H3. The SMILES string of the molecule is COc1c(Br)cc(C=O)c(OC)c1C(C)N(C)C. The lowest BCUT2D eigenvalue weighted by atomic mass is 10.0. The van der Waals surface area contributed by atoms with Crippen LogP contribution in [0.25, 0.3) is 0 Å². The molecule has 1 unspecified atom stereocenters. The summed E-state index contributed by atoms with van der Waals surface area (Å²) >= 11 is 3.42. The number of nitrogens with zero attached hydrogens (tertiary/aromatic N) is 1. The molecule has 100 valence electrons. The minimum atomic E-state index is 0.0612. The molecule has 0 aliphatic rings. The van der Waals surface area contributed by atoms with Gasteiger partial charge in [-0.1, -0.05) is 0 Å². The quantitative estimate of drug-likeness (QED) is 0.783. The summed E-state index contributed by atoms with van der Waals surface area (Å²) in [6.07, 6.45) is 0.787. The Bertz CT molecular complexity index is 446. The normalized spacial score (nSPS) is 12.4. The van der Waals surface area contributed by atoms with Gasteiger partial charge in [0.05, 0.1) is 29.8 Å². The van der Waals surface area contributed by atoms with Crippen LogP contribution in [0.15, 0.2) is 10.5 Å². The van der Waals surface area contributed by atoms with Gasteiger partial charge in [0.2, 0.25) is 0 Å². The van der Waals surface area contributed by atoms with Crippen LogP contribution in [-0.2, 0) is 0 Å². The maximum Gasteiger partial charge on any atom is 0.153 e. The van der Waals surface area contributed by atoms with Crippen LogP contribution < -0.4 is 9.47 Å². The van der Waals surface area contributed by atoms with Gasteiger partial charge in [0, 0.05) is 6.04 Å². The molecule has 0 spiro atoms. The smallest absolute Gasteiger partial charge is 0.153 e. The zero-order chi connectivity index (χ0) is 13.9. The first-order valence-electron chi connectivity index (χ1n) is 5.53. The third-order valence-electron chi connectivity index (χ3n) is 2.98. The van der Waals surface area contributed by atoms with E-state index in [4.69, 9.17) is 9.47 Å². The van der Waals surface area contributed by atoms with Crippen molar-refractivity contribution in [2.75, 3.05) is 28.3 Å². The van der Waals surface area contributed by atoms with Crippen LogP contribution in [-0.4, -0.2) is 39.5 Å². The van der Waals surface area contributed by atoms with Crippen LogP contribution in [0.4, 0.5) is 0 Å². The number of ether oxygens (including phenoxy) is 2. The van der Waals surface area contributed by atoms with E-state index in [9.17, 15) is 4.79 Å². The summed E-state index contributed by atoms with van der Waals surface area (Å²) in [6, 6.07) is 1.77. The summed E-state index contributed by atoms with van der Waals surface area (Å²) in [5, 5.41) is 0. The van der Waals surface area contributed by atoms with E-state index in [1.807, 2.05) is 25.9 Å². The predicted octanol–water partition coefficient (Wildman–Crippen LogP) is 2.90. The van der Waals surface area contributed by atoms with Gasteiger partial charge in [-0.25, -0.2) is 0 Å². The second-order valence-corrected chi connectivity index (χ2v) is 5.04. The van der Waals surface area contributed by atoms with Crippen LogP contribution in [0, 0.1) is 0 Å². The molecule has 1 atom stereocenters. The lowest BCUT2D eigenvalue weighted by molar-refractivity contribution is 0.112. The van der Waals surface area contributed by atoms with Crippen molar-refractivity contribution in [1.29, 1.82) is 0 Å². The fourth-order valence-electron chi connectivity index (χ4n) is 1.82. The number of hydrogen-bond acceptors (Lipinski definition) is 4. The molecule has 0 aromatic heterocycles. The van der Waals surface area contributed by atoms with Crippen molar-refractivity contribution in [1.82, 2.24) is 4.90 Å². The van der Waals surface area contributed by atoms with Crippen LogP contribution in [0.3, 0.4) is 0 Å². The number of carbonyl (C=O) groups excluding carboxylic acids is 1. The van der Waals surface area contributed by atoms with E-state index in [-0.39, 0.29) is 6.04 Å². The monoisotopic (exact) mass is 315 g/mol. The van der Waals surface area contributed by atoms with Gasteiger partial charge < -0.3 is 14.4 Å². The number of rotatable bonds is 5. The summed E-state index contributed by atoms with van der Waals surface area (Å²) in [5.41, 5.74) is 1.37. The fourth-order valence-corrected chi connectivity index (χ4v) is 2.44. The van der Waals surface area contributed by atoms with Gasteiger partial charge in [0.25, 0.3) is 0 Å². The Kier molecular flexibility index (Phi) is 5.16. The molecule has 0 bridgehead atoms. The first-order chi connectivity index (χ1) is 8.47. The molecule has 0 aliphatic heterocycles. The highest BCUT2D eigenvalue weighted by Crippen LogP contribution is 2.42. The second kappa shape index (κ2) is 6.20. The summed E-state index contributed by atoms with van der Waals surface area (Å²) in [7, 11) is 7.09. The molecule has 0 amide bonds. The van der Waals surface area contributed by atoms with Crippen molar-refractivity contribution < 1.29 is 14.3 Å². The highest BCUT2D eigenvalue weighted by Gasteiger charge is 2.24. The Labute approximate surface area is 116 Å². The molecule has 18 heavy (non-hydrogen) atoms. The molecule has 0 fully saturated rings. The second-order valence-electron chi connectivity index (χ2n) is 4.19. The molecule has 4 nitrogen and oxygen atoms in total. The van der Waals surface area contributed by atoms with Crippen molar-refractivity contribution in [3.63, 3.8) is 0 Å². The van der Waals surface area contributed by atoms with Crippen molar-refractivity contribution in [2.24, 2.45) is 0 Å². The van der Waals surface area contributed by atoms with Gasteiger partial charge in [-0.3, -0.25) is 4.79 Å². The van der Waals surface area contributed by atoms with Gasteiger partial charge in [-0.05, 0) is 43.0 Å². The number of benzene rings is 1. The molecule has 0 aliphatic carbocycles. The van der Waals surface area contributed by atoms with Crippen LogP contribution in [0.5, 0.6) is 11.5 Å². The summed E-state index contributed by atoms with van der Waals surface area (Å²) in [4.78, 5) is 13.2. The zero-order valence-electron chi connectivity index (χ0n) is 11.3. The lowest BCUT2D eigenvalue weighted by Crippen LogP contribution is -2.19. The van der Waals surface area contributed by atoms with Gasteiger partial charge in [-0.2, -0.15) is 0 Å². The van der Waals surface area contributed by atoms with Crippen LogP contribution in [0.1, 0.15) is 28.9 Å². The van der Waals surface area contributed by atoms with Crippen LogP contribution >= 0.6 is 15.9 Å². The maximum absolute atomic E-state index is 11.1. The molecule has 1 aromatic carbocycles. The molecular weight excluding hydrogens is 298 g/mol. The Morgan fingerprint density at radius 3 is 2.22 bits per heavy atom. The van der Waals surface area contributed by atoms with Gasteiger partial charge in [-0.15, -0.1) is 0 Å². The molecule has 0 heterocycles. The van der Waals surface area contributed by atoms with Crippen molar-refractivity contribution in [2.45, 2.75) is 13.0 Å². The predicted molar refractivity (Wildman–Crippen MR) is 74.7 cm³/mol.